The Morgan fingerprint density at radius 1 is 1.25 bits per heavy atom. The van der Waals surface area contributed by atoms with Gasteiger partial charge in [0.15, 0.2) is 0 Å². The van der Waals surface area contributed by atoms with Gasteiger partial charge < -0.3 is 21.3 Å². The molecule has 0 bridgehead atoms. The molecule has 0 aliphatic rings. The Kier molecular flexibility index (Phi) is 5.44. The van der Waals surface area contributed by atoms with Crippen molar-refractivity contribution in [1.29, 1.82) is 0 Å². The van der Waals surface area contributed by atoms with E-state index < -0.39 is 35.7 Å². The number of aliphatic carboxylic acids is 1. The highest BCUT2D eigenvalue weighted by Gasteiger charge is 2.26. The lowest BCUT2D eigenvalue weighted by Crippen LogP contribution is -2.43. The summed E-state index contributed by atoms with van der Waals surface area (Å²) in [5.41, 5.74) is 4.77. The standard InChI is InChI=1S/C9H16N2O5/c1-4(5(2)9(15)16)8(14)11-3-6(12)7(10)13/h4-6,12H,3H2,1-2H3,(H2,10,13)(H,11,14)(H,15,16). The van der Waals surface area contributed by atoms with Crippen LogP contribution in [0, 0.1) is 11.8 Å². The molecule has 0 rings (SSSR count). The maximum atomic E-state index is 11.4. The van der Waals surface area contributed by atoms with Crippen molar-refractivity contribution in [2.75, 3.05) is 6.54 Å². The maximum Gasteiger partial charge on any atom is 0.307 e. The number of carboxylic acid groups (broad SMARTS) is 1. The minimum absolute atomic E-state index is 0.315. The van der Waals surface area contributed by atoms with Gasteiger partial charge in [-0.05, 0) is 0 Å². The Morgan fingerprint density at radius 3 is 2.12 bits per heavy atom. The van der Waals surface area contributed by atoms with Gasteiger partial charge in [-0.15, -0.1) is 0 Å². The predicted octanol–water partition coefficient (Wildman–Crippen LogP) is -1.69. The second-order valence-electron chi connectivity index (χ2n) is 3.58. The minimum Gasteiger partial charge on any atom is -0.481 e. The quantitative estimate of drug-likeness (QED) is 0.434. The summed E-state index contributed by atoms with van der Waals surface area (Å²) in [4.78, 5) is 32.4. The summed E-state index contributed by atoms with van der Waals surface area (Å²) in [5.74, 6) is -4.17. The van der Waals surface area contributed by atoms with Gasteiger partial charge in [0.2, 0.25) is 11.8 Å². The van der Waals surface area contributed by atoms with Crippen LogP contribution in [0.25, 0.3) is 0 Å². The Bertz CT molecular complexity index is 292. The molecule has 0 aromatic rings. The van der Waals surface area contributed by atoms with E-state index in [0.717, 1.165) is 0 Å². The van der Waals surface area contributed by atoms with Gasteiger partial charge in [-0.3, -0.25) is 14.4 Å². The van der Waals surface area contributed by atoms with Gasteiger partial charge in [0, 0.05) is 5.92 Å². The van der Waals surface area contributed by atoms with E-state index in [0.29, 0.717) is 0 Å². The van der Waals surface area contributed by atoms with E-state index >= 15 is 0 Å². The SMILES string of the molecule is CC(C(=O)O)C(C)C(=O)NCC(O)C(N)=O. The maximum absolute atomic E-state index is 11.4. The fourth-order valence-corrected chi connectivity index (χ4v) is 0.900. The van der Waals surface area contributed by atoms with Gasteiger partial charge in [-0.2, -0.15) is 0 Å². The first-order valence-corrected chi connectivity index (χ1v) is 4.75. The van der Waals surface area contributed by atoms with Crippen LogP contribution in [-0.2, 0) is 14.4 Å². The van der Waals surface area contributed by atoms with Gasteiger partial charge in [-0.1, -0.05) is 13.8 Å². The van der Waals surface area contributed by atoms with Crippen molar-refractivity contribution in [3.05, 3.63) is 0 Å². The molecule has 7 heteroatoms. The zero-order valence-electron chi connectivity index (χ0n) is 9.14. The Hall–Kier alpha value is -1.63. The summed E-state index contributed by atoms with van der Waals surface area (Å²) in [6.07, 6.45) is -1.46. The molecule has 3 unspecified atom stereocenters. The topological polar surface area (TPSA) is 130 Å². The lowest BCUT2D eigenvalue weighted by molar-refractivity contribution is -0.146. The van der Waals surface area contributed by atoms with E-state index in [2.05, 4.69) is 5.32 Å². The summed E-state index contributed by atoms with van der Waals surface area (Å²) >= 11 is 0. The third kappa shape index (κ3) is 4.26. The number of primary amides is 1. The Balaban J connectivity index is 4.16. The fourth-order valence-electron chi connectivity index (χ4n) is 0.900. The minimum atomic E-state index is -1.46. The number of nitrogens with one attached hydrogen (secondary N) is 1. The number of carboxylic acids is 1. The number of hydrogen-bond donors (Lipinski definition) is 4. The second-order valence-corrected chi connectivity index (χ2v) is 3.58. The summed E-state index contributed by atoms with van der Waals surface area (Å²) in [6, 6.07) is 0. The first kappa shape index (κ1) is 14.4. The Labute approximate surface area is 92.6 Å². The number of nitrogens with two attached hydrogens (primary N) is 1. The van der Waals surface area contributed by atoms with Gasteiger partial charge >= 0.3 is 5.97 Å². The number of amides is 2. The van der Waals surface area contributed by atoms with Crippen LogP contribution in [0.3, 0.4) is 0 Å². The molecule has 0 aromatic carbocycles. The molecule has 0 fully saturated rings. The van der Waals surface area contributed by atoms with Gasteiger partial charge in [0.1, 0.15) is 6.10 Å². The van der Waals surface area contributed by atoms with Crippen LogP contribution in [0.1, 0.15) is 13.8 Å². The smallest absolute Gasteiger partial charge is 0.307 e. The monoisotopic (exact) mass is 232 g/mol. The second kappa shape index (κ2) is 6.06. The molecule has 0 spiro atoms. The third-order valence-electron chi connectivity index (χ3n) is 2.35. The fraction of sp³-hybridized carbons (Fsp3) is 0.667. The average Bonchev–Trinajstić information content (AvgIpc) is 2.22. The molecule has 92 valence electrons. The van der Waals surface area contributed by atoms with Crippen molar-refractivity contribution < 1.29 is 24.6 Å². The van der Waals surface area contributed by atoms with Crippen LogP contribution >= 0.6 is 0 Å². The lowest BCUT2D eigenvalue weighted by Gasteiger charge is -2.16. The molecular weight excluding hydrogens is 216 g/mol. The van der Waals surface area contributed by atoms with Crippen molar-refractivity contribution >= 4 is 17.8 Å². The highest BCUT2D eigenvalue weighted by molar-refractivity contribution is 5.85. The normalized spacial score (nSPS) is 15.9. The average molecular weight is 232 g/mol. The molecule has 0 saturated carbocycles. The number of carbonyl (C=O) groups excluding carboxylic acids is 2. The molecular formula is C9H16N2O5. The molecule has 0 radical (unpaired) electrons. The number of carbonyl (C=O) groups is 3. The zero-order chi connectivity index (χ0) is 12.9. The van der Waals surface area contributed by atoms with Gasteiger partial charge in [-0.25, -0.2) is 0 Å². The highest BCUT2D eigenvalue weighted by atomic mass is 16.4. The Morgan fingerprint density at radius 2 is 1.75 bits per heavy atom. The molecule has 2 amide bonds. The predicted molar refractivity (Wildman–Crippen MR) is 54.2 cm³/mol. The van der Waals surface area contributed by atoms with Crippen LogP contribution in [0.5, 0.6) is 0 Å². The van der Waals surface area contributed by atoms with E-state index in [-0.39, 0.29) is 6.54 Å². The number of rotatable bonds is 6. The molecule has 0 aliphatic carbocycles. The van der Waals surface area contributed by atoms with Gasteiger partial charge in [0.05, 0.1) is 12.5 Å². The van der Waals surface area contributed by atoms with E-state index in [1.807, 2.05) is 0 Å². The van der Waals surface area contributed by atoms with Crippen LogP contribution in [0.2, 0.25) is 0 Å². The number of hydrogen-bond acceptors (Lipinski definition) is 4. The van der Waals surface area contributed by atoms with Crippen LogP contribution < -0.4 is 11.1 Å². The molecule has 16 heavy (non-hydrogen) atoms. The first-order valence-electron chi connectivity index (χ1n) is 4.75. The van der Waals surface area contributed by atoms with E-state index in [1.165, 1.54) is 13.8 Å². The molecule has 0 aliphatic heterocycles. The van der Waals surface area contributed by atoms with Crippen LogP contribution in [0.15, 0.2) is 0 Å². The molecule has 0 saturated heterocycles. The van der Waals surface area contributed by atoms with Crippen LogP contribution in [0.4, 0.5) is 0 Å². The number of aliphatic hydroxyl groups is 1. The first-order chi connectivity index (χ1) is 7.27. The summed E-state index contributed by atoms with van der Waals surface area (Å²) < 4.78 is 0. The molecule has 0 heterocycles. The van der Waals surface area contributed by atoms with E-state index in [4.69, 9.17) is 15.9 Å². The van der Waals surface area contributed by atoms with Crippen molar-refractivity contribution in [3.8, 4) is 0 Å². The number of aliphatic hydroxyl groups excluding tert-OH is 1. The summed E-state index contributed by atoms with van der Waals surface area (Å²) in [6.45, 7) is 2.53. The van der Waals surface area contributed by atoms with Crippen molar-refractivity contribution in [2.45, 2.75) is 20.0 Å². The third-order valence-corrected chi connectivity index (χ3v) is 2.35. The molecule has 7 nitrogen and oxygen atoms in total. The lowest BCUT2D eigenvalue weighted by atomic mass is 9.95. The van der Waals surface area contributed by atoms with E-state index in [9.17, 15) is 14.4 Å². The summed E-state index contributed by atoms with van der Waals surface area (Å²) in [5, 5.41) is 19.9. The zero-order valence-corrected chi connectivity index (χ0v) is 9.14. The van der Waals surface area contributed by atoms with Crippen molar-refractivity contribution in [2.24, 2.45) is 17.6 Å². The van der Waals surface area contributed by atoms with E-state index in [1.54, 1.807) is 0 Å². The molecule has 0 aromatic heterocycles. The van der Waals surface area contributed by atoms with Crippen molar-refractivity contribution in [1.82, 2.24) is 5.32 Å². The summed E-state index contributed by atoms with van der Waals surface area (Å²) in [7, 11) is 0. The van der Waals surface area contributed by atoms with Crippen molar-refractivity contribution in [3.63, 3.8) is 0 Å². The van der Waals surface area contributed by atoms with Crippen LogP contribution in [-0.4, -0.2) is 40.6 Å². The molecule has 5 N–H and O–H groups in total. The highest BCUT2D eigenvalue weighted by Crippen LogP contribution is 2.10. The molecule has 3 atom stereocenters. The van der Waals surface area contributed by atoms with Gasteiger partial charge in [0.25, 0.3) is 0 Å². The largest absolute Gasteiger partial charge is 0.481 e.